The summed E-state index contributed by atoms with van der Waals surface area (Å²) < 4.78 is 0. The van der Waals surface area contributed by atoms with Gasteiger partial charge < -0.3 is 11.1 Å². The van der Waals surface area contributed by atoms with Crippen molar-refractivity contribution in [2.45, 2.75) is 51.5 Å². The summed E-state index contributed by atoms with van der Waals surface area (Å²) in [7, 11) is 0. The largest absolute Gasteiger partial charge is 0.370 e. The van der Waals surface area contributed by atoms with E-state index in [1.54, 1.807) is 0 Å². The van der Waals surface area contributed by atoms with E-state index in [0.29, 0.717) is 12.0 Å². The van der Waals surface area contributed by atoms with E-state index in [4.69, 9.17) is 5.73 Å². The van der Waals surface area contributed by atoms with Crippen LogP contribution in [0.15, 0.2) is 29.3 Å². The van der Waals surface area contributed by atoms with Gasteiger partial charge in [0.05, 0.1) is 0 Å². The van der Waals surface area contributed by atoms with Gasteiger partial charge >= 0.3 is 0 Å². The molecule has 0 heterocycles. The molecule has 1 aromatic rings. The number of benzene rings is 1. The van der Waals surface area contributed by atoms with Gasteiger partial charge in [-0.15, -0.1) is 0 Å². The first kappa shape index (κ1) is 13.9. The van der Waals surface area contributed by atoms with Gasteiger partial charge in [-0.3, -0.25) is 4.99 Å². The molecule has 19 heavy (non-hydrogen) atoms. The second-order valence-electron chi connectivity index (χ2n) is 5.42. The maximum atomic E-state index is 5.95. The number of guanidine groups is 1. The number of nitrogens with one attached hydrogen (secondary N) is 1. The third-order valence-electron chi connectivity index (χ3n) is 3.88. The van der Waals surface area contributed by atoms with Gasteiger partial charge in [0.1, 0.15) is 0 Å². The normalized spacial score (nSPS) is 17.4. The van der Waals surface area contributed by atoms with Crippen molar-refractivity contribution >= 4 is 5.96 Å². The van der Waals surface area contributed by atoms with Crippen LogP contribution >= 0.6 is 0 Å². The summed E-state index contributed by atoms with van der Waals surface area (Å²) in [6.07, 6.45) is 7.41. The van der Waals surface area contributed by atoms with Crippen LogP contribution in [0.2, 0.25) is 0 Å². The smallest absolute Gasteiger partial charge is 0.188 e. The first-order valence-electron chi connectivity index (χ1n) is 7.36. The summed E-state index contributed by atoms with van der Waals surface area (Å²) in [5.41, 5.74) is 8.63. The Hall–Kier alpha value is -1.51. The fourth-order valence-electron chi connectivity index (χ4n) is 2.69. The molecule has 1 aliphatic carbocycles. The summed E-state index contributed by atoms with van der Waals surface area (Å²) >= 11 is 0. The van der Waals surface area contributed by atoms with Crippen LogP contribution in [-0.4, -0.2) is 18.5 Å². The van der Waals surface area contributed by atoms with E-state index in [1.165, 1.54) is 43.2 Å². The fourth-order valence-corrected chi connectivity index (χ4v) is 2.69. The van der Waals surface area contributed by atoms with Gasteiger partial charge in [-0.25, -0.2) is 0 Å². The van der Waals surface area contributed by atoms with E-state index < -0.39 is 0 Å². The number of rotatable bonds is 4. The molecule has 2 rings (SSSR count). The summed E-state index contributed by atoms with van der Waals surface area (Å²) in [5.74, 6) is 0.612. The molecule has 0 aromatic heterocycles. The molecule has 1 aromatic carbocycles. The van der Waals surface area contributed by atoms with Gasteiger partial charge in [0.25, 0.3) is 0 Å². The second kappa shape index (κ2) is 7.17. The van der Waals surface area contributed by atoms with E-state index in [0.717, 1.165) is 13.0 Å². The first-order valence-corrected chi connectivity index (χ1v) is 7.36. The monoisotopic (exact) mass is 259 g/mol. The zero-order chi connectivity index (χ0) is 13.5. The molecule has 0 saturated heterocycles. The van der Waals surface area contributed by atoms with Crippen molar-refractivity contribution in [2.24, 2.45) is 10.7 Å². The molecular formula is C16H25N3. The lowest BCUT2D eigenvalue weighted by Crippen LogP contribution is -2.41. The molecule has 1 fully saturated rings. The standard InChI is InChI=1S/C16H25N3/c1-13-7-5-6-8-14(13)11-12-18-16(17)19-15-9-3-2-4-10-15/h5-8,15H,2-4,9-12H2,1H3,(H3,17,18,19). The molecule has 3 N–H and O–H groups in total. The molecule has 0 aliphatic heterocycles. The molecule has 104 valence electrons. The zero-order valence-corrected chi connectivity index (χ0v) is 11.9. The van der Waals surface area contributed by atoms with Gasteiger partial charge in [-0.1, -0.05) is 43.5 Å². The van der Waals surface area contributed by atoms with Crippen LogP contribution in [0, 0.1) is 6.92 Å². The van der Waals surface area contributed by atoms with E-state index in [-0.39, 0.29) is 0 Å². The molecule has 0 radical (unpaired) electrons. The molecule has 0 amide bonds. The van der Waals surface area contributed by atoms with Crippen LogP contribution in [0.25, 0.3) is 0 Å². The van der Waals surface area contributed by atoms with Gasteiger partial charge in [-0.05, 0) is 37.3 Å². The number of nitrogens with zero attached hydrogens (tertiary/aromatic N) is 1. The third-order valence-corrected chi connectivity index (χ3v) is 3.88. The number of aryl methyl sites for hydroxylation is 1. The van der Waals surface area contributed by atoms with Crippen molar-refractivity contribution in [3.8, 4) is 0 Å². The van der Waals surface area contributed by atoms with Gasteiger partial charge in [-0.2, -0.15) is 0 Å². The van der Waals surface area contributed by atoms with Crippen molar-refractivity contribution in [1.29, 1.82) is 0 Å². The van der Waals surface area contributed by atoms with Crippen LogP contribution < -0.4 is 11.1 Å². The molecule has 1 saturated carbocycles. The van der Waals surface area contributed by atoms with Crippen LogP contribution in [0.5, 0.6) is 0 Å². The van der Waals surface area contributed by atoms with Crippen molar-refractivity contribution in [3.05, 3.63) is 35.4 Å². The van der Waals surface area contributed by atoms with Crippen molar-refractivity contribution in [3.63, 3.8) is 0 Å². The lowest BCUT2D eigenvalue weighted by Gasteiger charge is -2.23. The summed E-state index contributed by atoms with van der Waals surface area (Å²) in [6.45, 7) is 2.90. The van der Waals surface area contributed by atoms with Gasteiger partial charge in [0.2, 0.25) is 0 Å². The van der Waals surface area contributed by atoms with Crippen molar-refractivity contribution in [2.75, 3.05) is 6.54 Å². The molecule has 0 spiro atoms. The molecule has 3 nitrogen and oxygen atoms in total. The Morgan fingerprint density at radius 1 is 1.26 bits per heavy atom. The number of hydrogen-bond acceptors (Lipinski definition) is 1. The predicted molar refractivity (Wildman–Crippen MR) is 81.4 cm³/mol. The fraction of sp³-hybridized carbons (Fsp3) is 0.562. The Bertz CT molecular complexity index is 420. The lowest BCUT2D eigenvalue weighted by molar-refractivity contribution is 0.412. The predicted octanol–water partition coefficient (Wildman–Crippen LogP) is 2.77. The van der Waals surface area contributed by atoms with Crippen molar-refractivity contribution < 1.29 is 0 Å². The minimum Gasteiger partial charge on any atom is -0.370 e. The lowest BCUT2D eigenvalue weighted by atomic mass is 9.96. The Balaban J connectivity index is 1.76. The highest BCUT2D eigenvalue weighted by Gasteiger charge is 2.13. The SMILES string of the molecule is Cc1ccccc1CCN=C(N)NC1CCCCC1. The average molecular weight is 259 g/mol. The summed E-state index contributed by atoms with van der Waals surface area (Å²) in [6, 6.07) is 8.99. The van der Waals surface area contributed by atoms with E-state index >= 15 is 0 Å². The van der Waals surface area contributed by atoms with Crippen molar-refractivity contribution in [1.82, 2.24) is 5.32 Å². The maximum absolute atomic E-state index is 5.95. The van der Waals surface area contributed by atoms with Crippen LogP contribution in [-0.2, 0) is 6.42 Å². The van der Waals surface area contributed by atoms with Gasteiger partial charge in [0.15, 0.2) is 5.96 Å². The Labute approximate surface area is 116 Å². The highest BCUT2D eigenvalue weighted by atomic mass is 15.1. The molecule has 0 atom stereocenters. The van der Waals surface area contributed by atoms with Crippen LogP contribution in [0.4, 0.5) is 0 Å². The summed E-state index contributed by atoms with van der Waals surface area (Å²) in [5, 5.41) is 3.35. The Kier molecular flexibility index (Phi) is 5.25. The zero-order valence-electron chi connectivity index (χ0n) is 11.9. The number of nitrogens with two attached hydrogens (primary N) is 1. The molecule has 0 bridgehead atoms. The average Bonchev–Trinajstić information content (AvgIpc) is 2.42. The highest BCUT2D eigenvalue weighted by Crippen LogP contribution is 2.17. The quantitative estimate of drug-likeness (QED) is 0.645. The van der Waals surface area contributed by atoms with Crippen LogP contribution in [0.3, 0.4) is 0 Å². The van der Waals surface area contributed by atoms with E-state index in [1.807, 2.05) is 0 Å². The van der Waals surface area contributed by atoms with E-state index in [2.05, 4.69) is 41.5 Å². The summed E-state index contributed by atoms with van der Waals surface area (Å²) in [4.78, 5) is 4.44. The van der Waals surface area contributed by atoms with Gasteiger partial charge in [0, 0.05) is 12.6 Å². The van der Waals surface area contributed by atoms with Crippen LogP contribution in [0.1, 0.15) is 43.2 Å². The van der Waals surface area contributed by atoms with E-state index in [9.17, 15) is 0 Å². The highest BCUT2D eigenvalue weighted by molar-refractivity contribution is 5.78. The first-order chi connectivity index (χ1) is 9.25. The third kappa shape index (κ3) is 4.58. The topological polar surface area (TPSA) is 50.4 Å². The minimum atomic E-state index is 0.538. The molecule has 1 aliphatic rings. The minimum absolute atomic E-state index is 0.538. The Morgan fingerprint density at radius 2 is 2.00 bits per heavy atom. The second-order valence-corrected chi connectivity index (χ2v) is 5.42. The molecular weight excluding hydrogens is 234 g/mol. The Morgan fingerprint density at radius 3 is 2.74 bits per heavy atom. The molecule has 3 heteroatoms. The number of hydrogen-bond donors (Lipinski definition) is 2. The number of aliphatic imine (C=N–C) groups is 1. The maximum Gasteiger partial charge on any atom is 0.188 e. The molecule has 0 unspecified atom stereocenters.